The number of benzene rings is 2. The van der Waals surface area contributed by atoms with E-state index in [1.54, 1.807) is 49.4 Å². The summed E-state index contributed by atoms with van der Waals surface area (Å²) in [5.41, 5.74) is 0.988. The molecule has 0 aliphatic heterocycles. The Morgan fingerprint density at radius 2 is 1.81 bits per heavy atom. The van der Waals surface area contributed by atoms with Crippen molar-refractivity contribution < 1.29 is 17.9 Å². The van der Waals surface area contributed by atoms with E-state index < -0.39 is 22.0 Å². The number of nitrogens with one attached hydrogen (secondary N) is 1. The molecule has 140 valence electrons. The molecule has 2 aromatic carbocycles. The van der Waals surface area contributed by atoms with Crippen LogP contribution in [0.4, 0.5) is 11.4 Å². The van der Waals surface area contributed by atoms with Crippen LogP contribution in [-0.4, -0.2) is 33.7 Å². The normalized spacial score (nSPS) is 12.3. The average molecular weight is 441 g/mol. The van der Waals surface area contributed by atoms with Crippen molar-refractivity contribution in [3.05, 3.63) is 53.0 Å². The number of hydrogen-bond donors (Lipinski definition) is 1. The second-order valence-corrected chi connectivity index (χ2v) is 8.36. The smallest absolute Gasteiger partial charge is 0.248 e. The number of carbonyl (C=O) groups is 1. The molecule has 0 aromatic heterocycles. The van der Waals surface area contributed by atoms with Crippen LogP contribution in [0.1, 0.15) is 13.3 Å². The van der Waals surface area contributed by atoms with Crippen molar-refractivity contribution in [1.82, 2.24) is 0 Å². The molecule has 0 unspecified atom stereocenters. The van der Waals surface area contributed by atoms with Crippen LogP contribution < -0.4 is 14.4 Å². The lowest BCUT2D eigenvalue weighted by atomic mass is 10.1. The highest BCUT2D eigenvalue weighted by Gasteiger charge is 2.31. The molecule has 6 nitrogen and oxygen atoms in total. The van der Waals surface area contributed by atoms with Crippen LogP contribution in [0.3, 0.4) is 0 Å². The van der Waals surface area contributed by atoms with E-state index in [0.29, 0.717) is 23.5 Å². The topological polar surface area (TPSA) is 75.7 Å². The summed E-state index contributed by atoms with van der Waals surface area (Å²) >= 11 is 3.37. The van der Waals surface area contributed by atoms with Gasteiger partial charge in [0.05, 0.1) is 24.7 Å². The number of rotatable bonds is 7. The molecule has 0 heterocycles. The highest BCUT2D eigenvalue weighted by atomic mass is 79.9. The Kier molecular flexibility index (Phi) is 6.66. The Bertz CT molecular complexity index is 869. The van der Waals surface area contributed by atoms with Gasteiger partial charge in [0.15, 0.2) is 0 Å². The maximum Gasteiger partial charge on any atom is 0.248 e. The number of para-hydroxylation sites is 1. The number of carbonyl (C=O) groups excluding carboxylic acids is 1. The minimum Gasteiger partial charge on any atom is -0.497 e. The summed E-state index contributed by atoms with van der Waals surface area (Å²) in [5.74, 6) is 0.202. The minimum atomic E-state index is -3.68. The molecular formula is C18H21BrN2O4S. The quantitative estimate of drug-likeness (QED) is 0.712. The van der Waals surface area contributed by atoms with Crippen LogP contribution in [0.25, 0.3) is 0 Å². The first kappa shape index (κ1) is 20.3. The molecule has 0 saturated carbocycles. The molecule has 1 amide bonds. The second-order valence-electron chi connectivity index (χ2n) is 5.65. The molecule has 0 aliphatic carbocycles. The Morgan fingerprint density at radius 3 is 2.31 bits per heavy atom. The van der Waals surface area contributed by atoms with Gasteiger partial charge in [-0.3, -0.25) is 9.10 Å². The fraction of sp³-hybridized carbons (Fsp3) is 0.278. The zero-order valence-electron chi connectivity index (χ0n) is 14.8. The van der Waals surface area contributed by atoms with E-state index in [-0.39, 0.29) is 0 Å². The van der Waals surface area contributed by atoms with E-state index in [9.17, 15) is 13.2 Å². The molecular weight excluding hydrogens is 420 g/mol. The summed E-state index contributed by atoms with van der Waals surface area (Å²) in [6.07, 6.45) is 1.40. The van der Waals surface area contributed by atoms with Gasteiger partial charge in [-0.25, -0.2) is 8.42 Å². The largest absolute Gasteiger partial charge is 0.497 e. The molecule has 8 heteroatoms. The summed E-state index contributed by atoms with van der Waals surface area (Å²) in [7, 11) is -2.15. The van der Waals surface area contributed by atoms with Crippen molar-refractivity contribution in [2.45, 2.75) is 19.4 Å². The maximum atomic E-state index is 12.8. The van der Waals surface area contributed by atoms with Crippen molar-refractivity contribution >= 4 is 43.2 Å². The number of sulfonamides is 1. The summed E-state index contributed by atoms with van der Waals surface area (Å²) < 4.78 is 31.8. The van der Waals surface area contributed by atoms with Crippen LogP contribution in [-0.2, 0) is 14.8 Å². The second kappa shape index (κ2) is 8.55. The Balaban J connectivity index is 2.37. The van der Waals surface area contributed by atoms with Gasteiger partial charge in [0.1, 0.15) is 11.8 Å². The van der Waals surface area contributed by atoms with Gasteiger partial charge in [-0.1, -0.05) is 19.1 Å². The molecule has 26 heavy (non-hydrogen) atoms. The molecule has 0 bridgehead atoms. The zero-order valence-corrected chi connectivity index (χ0v) is 17.2. The lowest BCUT2D eigenvalue weighted by molar-refractivity contribution is -0.117. The first-order chi connectivity index (χ1) is 12.3. The van der Waals surface area contributed by atoms with Crippen molar-refractivity contribution in [2.75, 3.05) is 23.0 Å². The third-order valence-electron chi connectivity index (χ3n) is 3.79. The third-order valence-corrected chi connectivity index (χ3v) is 5.66. The molecule has 1 atom stereocenters. The van der Waals surface area contributed by atoms with Crippen molar-refractivity contribution in [1.29, 1.82) is 0 Å². The number of anilines is 2. The van der Waals surface area contributed by atoms with Crippen LogP contribution >= 0.6 is 15.9 Å². The lowest BCUT2D eigenvalue weighted by Gasteiger charge is -2.30. The van der Waals surface area contributed by atoms with Gasteiger partial charge in [0.25, 0.3) is 0 Å². The van der Waals surface area contributed by atoms with Crippen LogP contribution in [0, 0.1) is 0 Å². The summed E-state index contributed by atoms with van der Waals surface area (Å²) in [6, 6.07) is 12.8. The van der Waals surface area contributed by atoms with Crippen LogP contribution in [0.15, 0.2) is 53.0 Å². The number of ether oxygens (including phenoxy) is 1. The predicted octanol–water partition coefficient (Wildman–Crippen LogP) is 3.64. The first-order valence-electron chi connectivity index (χ1n) is 7.96. The van der Waals surface area contributed by atoms with E-state index in [1.807, 2.05) is 6.07 Å². The van der Waals surface area contributed by atoms with E-state index >= 15 is 0 Å². The predicted molar refractivity (Wildman–Crippen MR) is 107 cm³/mol. The van der Waals surface area contributed by atoms with Crippen LogP contribution in [0.5, 0.6) is 5.75 Å². The third kappa shape index (κ3) is 4.76. The van der Waals surface area contributed by atoms with Crippen LogP contribution in [0.2, 0.25) is 0 Å². The zero-order chi connectivity index (χ0) is 19.3. The minimum absolute atomic E-state index is 0.315. The molecule has 1 N–H and O–H groups in total. The monoisotopic (exact) mass is 440 g/mol. The van der Waals surface area contributed by atoms with Crippen molar-refractivity contribution in [3.8, 4) is 5.75 Å². The standard InChI is InChI=1S/C18H21BrN2O4S/c1-4-17(18(22)20-16-8-6-5-7-15(16)19)21(26(3,23)24)13-9-11-14(25-2)12-10-13/h5-12,17H,4H2,1-3H3,(H,20,22)/t17-/m0/s1. The van der Waals surface area contributed by atoms with E-state index in [1.165, 1.54) is 7.11 Å². The molecule has 0 aliphatic rings. The number of methoxy groups -OCH3 is 1. The highest BCUT2D eigenvalue weighted by molar-refractivity contribution is 9.10. The van der Waals surface area contributed by atoms with Gasteiger partial charge in [0.2, 0.25) is 15.9 Å². The summed E-state index contributed by atoms with van der Waals surface area (Å²) in [5, 5.41) is 2.79. The van der Waals surface area contributed by atoms with E-state index in [0.717, 1.165) is 15.0 Å². The lowest BCUT2D eigenvalue weighted by Crippen LogP contribution is -2.47. The fourth-order valence-electron chi connectivity index (χ4n) is 2.57. The molecule has 0 fully saturated rings. The first-order valence-corrected chi connectivity index (χ1v) is 10.6. The molecule has 0 spiro atoms. The Hall–Kier alpha value is -2.06. The van der Waals surface area contributed by atoms with Gasteiger partial charge in [-0.15, -0.1) is 0 Å². The average Bonchev–Trinajstić information content (AvgIpc) is 2.60. The fourth-order valence-corrected chi connectivity index (χ4v) is 4.16. The highest BCUT2D eigenvalue weighted by Crippen LogP contribution is 2.27. The van der Waals surface area contributed by atoms with Crippen molar-refractivity contribution in [2.24, 2.45) is 0 Å². The SMILES string of the molecule is CC[C@@H](C(=O)Nc1ccccc1Br)N(c1ccc(OC)cc1)S(C)(=O)=O. The summed E-state index contributed by atoms with van der Waals surface area (Å²) in [6.45, 7) is 1.77. The maximum absolute atomic E-state index is 12.8. The van der Waals surface area contributed by atoms with Gasteiger partial charge < -0.3 is 10.1 Å². The number of hydrogen-bond acceptors (Lipinski definition) is 4. The number of halogens is 1. The molecule has 0 saturated heterocycles. The van der Waals surface area contributed by atoms with E-state index in [4.69, 9.17) is 4.74 Å². The van der Waals surface area contributed by atoms with E-state index in [2.05, 4.69) is 21.2 Å². The van der Waals surface area contributed by atoms with Gasteiger partial charge in [-0.2, -0.15) is 0 Å². The van der Waals surface area contributed by atoms with Gasteiger partial charge in [-0.05, 0) is 58.7 Å². The van der Waals surface area contributed by atoms with Gasteiger partial charge >= 0.3 is 0 Å². The molecule has 2 rings (SSSR count). The number of amides is 1. The van der Waals surface area contributed by atoms with Gasteiger partial charge in [0, 0.05) is 4.47 Å². The molecule has 2 aromatic rings. The Labute approximate surface area is 162 Å². The van der Waals surface area contributed by atoms with Crippen molar-refractivity contribution in [3.63, 3.8) is 0 Å². The number of nitrogens with zero attached hydrogens (tertiary/aromatic N) is 1. The summed E-state index contributed by atoms with van der Waals surface area (Å²) in [4.78, 5) is 12.8. The molecule has 0 radical (unpaired) electrons. The Morgan fingerprint density at radius 1 is 1.19 bits per heavy atom.